The average molecular weight is 717 g/mol. The van der Waals surface area contributed by atoms with Crippen molar-refractivity contribution in [3.05, 3.63) is 194 Å². The molecule has 0 bridgehead atoms. The van der Waals surface area contributed by atoms with Crippen LogP contribution in [-0.4, -0.2) is 19.5 Å². The van der Waals surface area contributed by atoms with E-state index in [1.54, 1.807) is 0 Å². The van der Waals surface area contributed by atoms with Crippen molar-refractivity contribution >= 4 is 43.7 Å². The molecule has 0 saturated heterocycles. The first-order valence-corrected chi connectivity index (χ1v) is 18.8. The largest absolute Gasteiger partial charge is 0.456 e. The zero-order valence-electron chi connectivity index (χ0n) is 30.2. The molecule has 0 aliphatic rings. The lowest BCUT2D eigenvalue weighted by Crippen LogP contribution is -2.00. The van der Waals surface area contributed by atoms with E-state index < -0.39 is 0 Å². The standard InChI is InChI=1S/C51H32N4O/c1-4-13-33(14-5-1)36-24-27-45-43(30-36)44-31-37(25-28-46(44)55(45)40-19-8-3-9-20-40)35-17-12-18-38(29-35)50-52-49(34-15-6-2-7-16-34)53-51(54-50)39-23-26-42-41-21-10-11-22-47(41)56-48(42)32-39/h1-32H. The molecule has 0 amide bonds. The van der Waals surface area contributed by atoms with E-state index in [4.69, 9.17) is 19.4 Å². The highest BCUT2D eigenvalue weighted by atomic mass is 16.3. The molecule has 3 aromatic heterocycles. The fourth-order valence-electron chi connectivity index (χ4n) is 7.92. The smallest absolute Gasteiger partial charge is 0.164 e. The highest BCUT2D eigenvalue weighted by Crippen LogP contribution is 2.38. The van der Waals surface area contributed by atoms with Gasteiger partial charge in [0.15, 0.2) is 17.5 Å². The third-order valence-corrected chi connectivity index (χ3v) is 10.6. The normalized spacial score (nSPS) is 11.6. The summed E-state index contributed by atoms with van der Waals surface area (Å²) in [6.07, 6.45) is 0. The molecule has 56 heavy (non-hydrogen) atoms. The van der Waals surface area contributed by atoms with Crippen molar-refractivity contribution in [3.63, 3.8) is 0 Å². The Labute approximate surface area is 322 Å². The summed E-state index contributed by atoms with van der Waals surface area (Å²) in [7, 11) is 0. The second kappa shape index (κ2) is 13.0. The van der Waals surface area contributed by atoms with Crippen LogP contribution in [0.15, 0.2) is 199 Å². The number of nitrogens with zero attached hydrogens (tertiary/aromatic N) is 4. The van der Waals surface area contributed by atoms with Crippen LogP contribution in [0.5, 0.6) is 0 Å². The van der Waals surface area contributed by atoms with Gasteiger partial charge < -0.3 is 8.98 Å². The summed E-state index contributed by atoms with van der Waals surface area (Å²) in [6.45, 7) is 0. The Morgan fingerprint density at radius 3 is 1.48 bits per heavy atom. The third kappa shape index (κ3) is 5.45. The van der Waals surface area contributed by atoms with E-state index in [1.165, 1.54) is 27.4 Å². The summed E-state index contributed by atoms with van der Waals surface area (Å²) < 4.78 is 8.61. The number of hydrogen-bond acceptors (Lipinski definition) is 4. The summed E-state index contributed by atoms with van der Waals surface area (Å²) in [5, 5.41) is 4.56. The molecule has 5 heteroatoms. The Bertz CT molecular complexity index is 3240. The Morgan fingerprint density at radius 1 is 0.304 bits per heavy atom. The van der Waals surface area contributed by atoms with E-state index in [1.807, 2.05) is 54.6 Å². The monoisotopic (exact) mass is 716 g/mol. The second-order valence-electron chi connectivity index (χ2n) is 14.1. The zero-order valence-corrected chi connectivity index (χ0v) is 30.2. The van der Waals surface area contributed by atoms with E-state index in [-0.39, 0.29) is 0 Å². The molecule has 0 saturated carbocycles. The molecule has 8 aromatic carbocycles. The number of benzene rings is 8. The van der Waals surface area contributed by atoms with Crippen LogP contribution in [0.25, 0.3) is 106 Å². The maximum Gasteiger partial charge on any atom is 0.164 e. The fourth-order valence-corrected chi connectivity index (χ4v) is 7.92. The fraction of sp³-hybridized carbons (Fsp3) is 0. The van der Waals surface area contributed by atoms with Gasteiger partial charge in [-0.05, 0) is 82.9 Å². The van der Waals surface area contributed by atoms with Crippen molar-refractivity contribution < 1.29 is 4.42 Å². The lowest BCUT2D eigenvalue weighted by molar-refractivity contribution is 0.669. The molecule has 0 aliphatic heterocycles. The van der Waals surface area contributed by atoms with Gasteiger partial charge in [0.25, 0.3) is 0 Å². The van der Waals surface area contributed by atoms with E-state index >= 15 is 0 Å². The van der Waals surface area contributed by atoms with Crippen molar-refractivity contribution in [1.29, 1.82) is 0 Å². The lowest BCUT2D eigenvalue weighted by atomic mass is 9.99. The minimum Gasteiger partial charge on any atom is -0.456 e. The van der Waals surface area contributed by atoms with Crippen LogP contribution in [0.2, 0.25) is 0 Å². The van der Waals surface area contributed by atoms with Crippen LogP contribution < -0.4 is 0 Å². The number of para-hydroxylation sites is 2. The van der Waals surface area contributed by atoms with E-state index in [9.17, 15) is 0 Å². The van der Waals surface area contributed by atoms with Gasteiger partial charge in [-0.3, -0.25) is 0 Å². The molecule has 11 aromatic rings. The van der Waals surface area contributed by atoms with Gasteiger partial charge >= 0.3 is 0 Å². The molecule has 0 aliphatic carbocycles. The highest BCUT2D eigenvalue weighted by molar-refractivity contribution is 6.12. The van der Waals surface area contributed by atoms with E-state index in [2.05, 4.69) is 144 Å². The van der Waals surface area contributed by atoms with Gasteiger partial charge in [-0.25, -0.2) is 15.0 Å². The van der Waals surface area contributed by atoms with Gasteiger partial charge in [-0.1, -0.05) is 133 Å². The van der Waals surface area contributed by atoms with Crippen molar-refractivity contribution in [3.8, 4) is 62.1 Å². The topological polar surface area (TPSA) is 56.7 Å². The first kappa shape index (κ1) is 31.9. The van der Waals surface area contributed by atoms with Crippen LogP contribution in [0, 0.1) is 0 Å². The second-order valence-corrected chi connectivity index (χ2v) is 14.1. The summed E-state index contributed by atoms with van der Waals surface area (Å²) in [4.78, 5) is 15.1. The molecule has 5 nitrogen and oxygen atoms in total. The van der Waals surface area contributed by atoms with Crippen LogP contribution >= 0.6 is 0 Å². The number of hydrogen-bond donors (Lipinski definition) is 0. The first-order chi connectivity index (χ1) is 27.7. The molecule has 262 valence electrons. The average Bonchev–Trinajstić information content (AvgIpc) is 3.82. The van der Waals surface area contributed by atoms with Crippen LogP contribution in [0.1, 0.15) is 0 Å². The van der Waals surface area contributed by atoms with Crippen LogP contribution in [0.4, 0.5) is 0 Å². The zero-order chi connectivity index (χ0) is 37.0. The van der Waals surface area contributed by atoms with Gasteiger partial charge in [0.1, 0.15) is 11.2 Å². The maximum absolute atomic E-state index is 6.25. The van der Waals surface area contributed by atoms with E-state index in [0.29, 0.717) is 17.5 Å². The third-order valence-electron chi connectivity index (χ3n) is 10.6. The summed E-state index contributed by atoms with van der Waals surface area (Å²) in [5.41, 5.74) is 12.4. The molecule has 0 unspecified atom stereocenters. The van der Waals surface area contributed by atoms with Gasteiger partial charge in [0.05, 0.1) is 11.0 Å². The van der Waals surface area contributed by atoms with Crippen molar-refractivity contribution in [2.45, 2.75) is 0 Å². The summed E-state index contributed by atoms with van der Waals surface area (Å²) >= 11 is 0. The minimum atomic E-state index is 0.589. The Hall–Kier alpha value is -7.63. The molecular formula is C51H32N4O. The van der Waals surface area contributed by atoms with Gasteiger partial charge in [-0.15, -0.1) is 0 Å². The van der Waals surface area contributed by atoms with Crippen molar-refractivity contribution in [1.82, 2.24) is 19.5 Å². The molecule has 0 N–H and O–H groups in total. The summed E-state index contributed by atoms with van der Waals surface area (Å²) in [5.74, 6) is 1.81. The Balaban J connectivity index is 1.05. The minimum absolute atomic E-state index is 0.589. The number of furan rings is 1. The predicted octanol–water partition coefficient (Wildman–Crippen LogP) is 13.2. The predicted molar refractivity (Wildman–Crippen MR) is 229 cm³/mol. The molecular weight excluding hydrogens is 685 g/mol. The summed E-state index contributed by atoms with van der Waals surface area (Å²) in [6, 6.07) is 67.7. The molecule has 0 atom stereocenters. The first-order valence-electron chi connectivity index (χ1n) is 18.8. The molecule has 0 radical (unpaired) electrons. The Morgan fingerprint density at radius 2 is 0.786 bits per heavy atom. The van der Waals surface area contributed by atoms with Crippen LogP contribution in [-0.2, 0) is 0 Å². The Kier molecular flexibility index (Phi) is 7.42. The van der Waals surface area contributed by atoms with Gasteiger partial charge in [0.2, 0.25) is 0 Å². The molecule has 0 fully saturated rings. The van der Waals surface area contributed by atoms with Crippen LogP contribution in [0.3, 0.4) is 0 Å². The quantitative estimate of drug-likeness (QED) is 0.172. The van der Waals surface area contributed by atoms with Gasteiger partial charge in [-0.2, -0.15) is 0 Å². The maximum atomic E-state index is 6.25. The van der Waals surface area contributed by atoms with Crippen molar-refractivity contribution in [2.75, 3.05) is 0 Å². The lowest BCUT2D eigenvalue weighted by Gasteiger charge is -2.10. The number of fused-ring (bicyclic) bond motifs is 6. The van der Waals surface area contributed by atoms with E-state index in [0.717, 1.165) is 61.0 Å². The SMILES string of the molecule is c1ccc(-c2ccc3c(c2)c2cc(-c4cccc(-c5nc(-c6ccccc6)nc(-c6ccc7c(c6)oc6ccccc67)n5)c4)ccc2n3-c2ccccc2)cc1. The van der Waals surface area contributed by atoms with Gasteiger partial charge in [0, 0.05) is 43.9 Å². The molecule has 3 heterocycles. The number of aromatic nitrogens is 4. The molecule has 0 spiro atoms. The highest BCUT2D eigenvalue weighted by Gasteiger charge is 2.17. The number of rotatable bonds is 6. The van der Waals surface area contributed by atoms with Crippen molar-refractivity contribution in [2.24, 2.45) is 0 Å². The molecule has 11 rings (SSSR count).